The fraction of sp³-hybridized carbons (Fsp3) is 0.857. The number of amides is 1. The van der Waals surface area contributed by atoms with E-state index in [1.807, 2.05) is 6.92 Å². The summed E-state index contributed by atoms with van der Waals surface area (Å²) in [6, 6.07) is 0. The number of nitrogens with zero attached hydrogens (tertiary/aromatic N) is 1. The van der Waals surface area contributed by atoms with Crippen LogP contribution in [0.2, 0.25) is 0 Å². The molecular formula is C14H24N2O3. The Labute approximate surface area is 114 Å². The van der Waals surface area contributed by atoms with E-state index >= 15 is 0 Å². The lowest BCUT2D eigenvalue weighted by Crippen LogP contribution is -2.37. The van der Waals surface area contributed by atoms with Gasteiger partial charge in [0.1, 0.15) is 0 Å². The van der Waals surface area contributed by atoms with Crippen molar-refractivity contribution in [3.8, 4) is 0 Å². The molecule has 0 aromatic carbocycles. The van der Waals surface area contributed by atoms with Gasteiger partial charge in [0.15, 0.2) is 0 Å². The summed E-state index contributed by atoms with van der Waals surface area (Å²) < 4.78 is 0. The first-order valence-corrected chi connectivity index (χ1v) is 7.24. The first-order chi connectivity index (χ1) is 9.02. The number of carbonyl (C=O) groups is 2. The normalized spacial score (nSPS) is 35.4. The van der Waals surface area contributed by atoms with E-state index in [1.165, 1.54) is 0 Å². The number of rotatable bonds is 3. The molecule has 0 bridgehead atoms. The van der Waals surface area contributed by atoms with Crippen molar-refractivity contribution in [3.05, 3.63) is 0 Å². The minimum atomic E-state index is -0.783. The van der Waals surface area contributed by atoms with Crippen molar-refractivity contribution in [1.29, 1.82) is 0 Å². The summed E-state index contributed by atoms with van der Waals surface area (Å²) >= 11 is 0. The van der Waals surface area contributed by atoms with Gasteiger partial charge in [-0.1, -0.05) is 6.92 Å². The molecule has 2 atom stereocenters. The Morgan fingerprint density at radius 1 is 1.21 bits per heavy atom. The van der Waals surface area contributed by atoms with Gasteiger partial charge in [0.25, 0.3) is 0 Å². The van der Waals surface area contributed by atoms with E-state index in [1.54, 1.807) is 4.90 Å². The Kier molecular flexibility index (Phi) is 4.45. The van der Waals surface area contributed by atoms with E-state index < -0.39 is 11.9 Å². The molecule has 1 amide bonds. The molecule has 0 aromatic heterocycles. The highest BCUT2D eigenvalue weighted by Gasteiger charge is 2.39. The minimum absolute atomic E-state index is 0.0573. The summed E-state index contributed by atoms with van der Waals surface area (Å²) in [5, 5.41) is 9.11. The Hall–Kier alpha value is -1.10. The van der Waals surface area contributed by atoms with Gasteiger partial charge in [0, 0.05) is 19.0 Å². The van der Waals surface area contributed by atoms with E-state index in [2.05, 4.69) is 0 Å². The molecule has 108 valence electrons. The van der Waals surface area contributed by atoms with Crippen molar-refractivity contribution in [2.45, 2.75) is 32.6 Å². The van der Waals surface area contributed by atoms with E-state index in [9.17, 15) is 9.59 Å². The van der Waals surface area contributed by atoms with Crippen molar-refractivity contribution in [2.75, 3.05) is 19.6 Å². The van der Waals surface area contributed by atoms with Crippen LogP contribution in [0.25, 0.3) is 0 Å². The third-order valence-corrected chi connectivity index (χ3v) is 4.77. The highest BCUT2D eigenvalue weighted by atomic mass is 16.4. The first kappa shape index (κ1) is 14.3. The molecule has 5 heteroatoms. The number of carboxylic acids is 1. The Balaban J connectivity index is 1.89. The van der Waals surface area contributed by atoms with E-state index in [0.29, 0.717) is 25.6 Å². The van der Waals surface area contributed by atoms with Gasteiger partial charge in [0.2, 0.25) is 5.91 Å². The fourth-order valence-corrected chi connectivity index (χ4v) is 3.37. The second kappa shape index (κ2) is 5.90. The average molecular weight is 268 g/mol. The van der Waals surface area contributed by atoms with Gasteiger partial charge in [0.05, 0.1) is 5.92 Å². The third kappa shape index (κ3) is 3.08. The molecule has 1 aliphatic heterocycles. The van der Waals surface area contributed by atoms with Gasteiger partial charge in [-0.25, -0.2) is 0 Å². The van der Waals surface area contributed by atoms with Crippen LogP contribution in [0.5, 0.6) is 0 Å². The maximum Gasteiger partial charge on any atom is 0.308 e. The van der Waals surface area contributed by atoms with Crippen LogP contribution in [-0.2, 0) is 9.59 Å². The Morgan fingerprint density at radius 2 is 1.84 bits per heavy atom. The fourth-order valence-electron chi connectivity index (χ4n) is 3.37. The minimum Gasteiger partial charge on any atom is -0.481 e. The lowest BCUT2D eigenvalue weighted by atomic mass is 9.81. The van der Waals surface area contributed by atoms with Gasteiger partial charge in [-0.3, -0.25) is 9.59 Å². The summed E-state index contributed by atoms with van der Waals surface area (Å²) in [4.78, 5) is 25.3. The highest BCUT2D eigenvalue weighted by molar-refractivity contribution is 5.81. The molecule has 2 fully saturated rings. The smallest absolute Gasteiger partial charge is 0.308 e. The maximum absolute atomic E-state index is 12.4. The molecule has 3 N–H and O–H groups in total. The molecule has 1 aliphatic carbocycles. The molecule has 19 heavy (non-hydrogen) atoms. The quantitative estimate of drug-likeness (QED) is 0.797. The predicted molar refractivity (Wildman–Crippen MR) is 71.4 cm³/mol. The van der Waals surface area contributed by atoms with E-state index in [4.69, 9.17) is 10.8 Å². The van der Waals surface area contributed by atoms with Crippen LogP contribution in [0.15, 0.2) is 0 Å². The number of hydrogen-bond acceptors (Lipinski definition) is 3. The molecule has 0 spiro atoms. The standard InChI is InChI=1S/C14H24N2O3/c1-9-7-16(8-12(9)14(18)19)13(17)11-4-2-10(6-15)3-5-11/h9-12H,2-8,15H2,1H3,(H,18,19). The van der Waals surface area contributed by atoms with Crippen LogP contribution >= 0.6 is 0 Å². The molecule has 1 saturated heterocycles. The second-order valence-electron chi connectivity index (χ2n) is 6.12. The van der Waals surface area contributed by atoms with Crippen molar-refractivity contribution in [2.24, 2.45) is 29.4 Å². The van der Waals surface area contributed by atoms with Gasteiger partial charge >= 0.3 is 5.97 Å². The van der Waals surface area contributed by atoms with Crippen molar-refractivity contribution < 1.29 is 14.7 Å². The summed E-state index contributed by atoms with van der Waals surface area (Å²) in [6.45, 7) is 3.60. The topological polar surface area (TPSA) is 83.6 Å². The third-order valence-electron chi connectivity index (χ3n) is 4.77. The lowest BCUT2D eigenvalue weighted by molar-refractivity contribution is -0.142. The van der Waals surface area contributed by atoms with Gasteiger partial charge in [-0.2, -0.15) is 0 Å². The molecule has 2 aliphatic rings. The lowest BCUT2D eigenvalue weighted by Gasteiger charge is -2.30. The predicted octanol–water partition coefficient (Wildman–Crippen LogP) is 0.931. The van der Waals surface area contributed by atoms with Gasteiger partial charge in [-0.15, -0.1) is 0 Å². The Bertz CT molecular complexity index is 351. The monoisotopic (exact) mass is 268 g/mol. The molecular weight excluding hydrogens is 244 g/mol. The maximum atomic E-state index is 12.4. The van der Waals surface area contributed by atoms with Crippen LogP contribution in [0, 0.1) is 23.7 Å². The number of carboxylic acid groups (broad SMARTS) is 1. The van der Waals surface area contributed by atoms with Crippen molar-refractivity contribution >= 4 is 11.9 Å². The zero-order chi connectivity index (χ0) is 14.0. The summed E-state index contributed by atoms with van der Waals surface area (Å²) in [7, 11) is 0. The molecule has 5 nitrogen and oxygen atoms in total. The average Bonchev–Trinajstić information content (AvgIpc) is 2.80. The molecule has 0 aromatic rings. The number of carbonyl (C=O) groups excluding carboxylic acids is 1. The largest absolute Gasteiger partial charge is 0.481 e. The summed E-state index contributed by atoms with van der Waals surface area (Å²) in [6.07, 6.45) is 3.87. The first-order valence-electron chi connectivity index (χ1n) is 7.24. The van der Waals surface area contributed by atoms with Crippen molar-refractivity contribution in [3.63, 3.8) is 0 Å². The van der Waals surface area contributed by atoms with Crippen molar-refractivity contribution in [1.82, 2.24) is 4.90 Å². The number of aliphatic carboxylic acids is 1. The number of hydrogen-bond donors (Lipinski definition) is 2. The Morgan fingerprint density at radius 3 is 2.32 bits per heavy atom. The number of likely N-dealkylation sites (tertiary alicyclic amines) is 1. The van der Waals surface area contributed by atoms with Crippen LogP contribution in [0.4, 0.5) is 0 Å². The molecule has 0 radical (unpaired) electrons. The van der Waals surface area contributed by atoms with Gasteiger partial charge < -0.3 is 15.7 Å². The highest BCUT2D eigenvalue weighted by Crippen LogP contribution is 2.32. The van der Waals surface area contributed by atoms with Crippen LogP contribution in [-0.4, -0.2) is 41.5 Å². The van der Waals surface area contributed by atoms with Crippen LogP contribution < -0.4 is 5.73 Å². The molecule has 1 heterocycles. The molecule has 2 unspecified atom stereocenters. The summed E-state index contributed by atoms with van der Waals surface area (Å²) in [5.41, 5.74) is 5.66. The van der Waals surface area contributed by atoms with Crippen LogP contribution in [0.3, 0.4) is 0 Å². The summed E-state index contributed by atoms with van der Waals surface area (Å²) in [5.74, 6) is -0.317. The molecule has 2 rings (SSSR count). The molecule has 1 saturated carbocycles. The number of nitrogens with two attached hydrogens (primary N) is 1. The zero-order valence-corrected chi connectivity index (χ0v) is 11.5. The van der Waals surface area contributed by atoms with Gasteiger partial charge in [-0.05, 0) is 44.1 Å². The zero-order valence-electron chi connectivity index (χ0n) is 11.5. The van der Waals surface area contributed by atoms with E-state index in [0.717, 1.165) is 25.7 Å². The SMILES string of the molecule is CC1CN(C(=O)C2CCC(CN)CC2)CC1C(=O)O. The van der Waals surface area contributed by atoms with E-state index in [-0.39, 0.29) is 17.7 Å². The second-order valence-corrected chi connectivity index (χ2v) is 6.12. The van der Waals surface area contributed by atoms with Crippen LogP contribution in [0.1, 0.15) is 32.6 Å².